The summed E-state index contributed by atoms with van der Waals surface area (Å²) in [6, 6.07) is 0. The summed E-state index contributed by atoms with van der Waals surface area (Å²) in [5.74, 6) is 0. The van der Waals surface area contributed by atoms with Gasteiger partial charge in [-0.2, -0.15) is 0 Å². The molecule has 13 heavy (non-hydrogen) atoms. The van der Waals surface area contributed by atoms with Crippen molar-refractivity contribution in [2.24, 2.45) is 0 Å². The monoisotopic (exact) mass is 180 g/mol. The van der Waals surface area contributed by atoms with Crippen molar-refractivity contribution >= 4 is 0 Å². The van der Waals surface area contributed by atoms with Crippen LogP contribution in [0.4, 0.5) is 0 Å². The van der Waals surface area contributed by atoms with Gasteiger partial charge in [-0.05, 0) is 39.7 Å². The van der Waals surface area contributed by atoms with Crippen LogP contribution in [-0.2, 0) is 4.74 Å². The van der Waals surface area contributed by atoms with E-state index >= 15 is 0 Å². The van der Waals surface area contributed by atoms with Gasteiger partial charge in [0.2, 0.25) is 0 Å². The smallest absolute Gasteiger partial charge is 0.0824 e. The molecule has 1 nitrogen and oxygen atoms in total. The molecule has 0 N–H and O–H groups in total. The molecule has 0 spiro atoms. The van der Waals surface area contributed by atoms with E-state index in [1.807, 2.05) is 6.08 Å². The third kappa shape index (κ3) is 8.93. The lowest BCUT2D eigenvalue weighted by Gasteiger charge is -1.96. The summed E-state index contributed by atoms with van der Waals surface area (Å²) in [4.78, 5) is 0. The van der Waals surface area contributed by atoms with Crippen molar-refractivity contribution in [3.63, 3.8) is 0 Å². The summed E-state index contributed by atoms with van der Waals surface area (Å²) < 4.78 is 4.80. The Morgan fingerprint density at radius 1 is 1.23 bits per heavy atom. The van der Waals surface area contributed by atoms with Crippen molar-refractivity contribution in [1.29, 1.82) is 0 Å². The van der Waals surface area contributed by atoms with E-state index in [-0.39, 0.29) is 0 Å². The fourth-order valence-corrected chi connectivity index (χ4v) is 0.954. The van der Waals surface area contributed by atoms with E-state index in [4.69, 9.17) is 4.74 Å². The summed E-state index contributed by atoms with van der Waals surface area (Å²) in [5, 5.41) is 0. The predicted octanol–water partition coefficient (Wildman–Crippen LogP) is 3.84. The van der Waals surface area contributed by atoms with Gasteiger partial charge in [-0.25, -0.2) is 0 Å². The average molecular weight is 180 g/mol. The number of hydrogen-bond acceptors (Lipinski definition) is 1. The number of methoxy groups -OCH3 is 1. The number of ether oxygens (including phenoxy) is 1. The molecule has 0 heterocycles. The molecule has 0 saturated carbocycles. The highest BCUT2D eigenvalue weighted by Crippen LogP contribution is 2.06. The summed E-state index contributed by atoms with van der Waals surface area (Å²) in [6.07, 6.45) is 10.2. The van der Waals surface area contributed by atoms with Crippen molar-refractivity contribution in [2.45, 2.75) is 33.6 Å². The summed E-state index contributed by atoms with van der Waals surface area (Å²) in [7, 11) is 1.66. The van der Waals surface area contributed by atoms with E-state index in [0.29, 0.717) is 0 Å². The first kappa shape index (κ1) is 12.0. The molecular formula is C12H20O. The van der Waals surface area contributed by atoms with Gasteiger partial charge >= 0.3 is 0 Å². The molecule has 0 unspecified atom stereocenters. The zero-order chi connectivity index (χ0) is 10.1. The molecule has 0 saturated heterocycles. The molecule has 1 heteroatoms. The number of rotatable bonds is 5. The Labute approximate surface area is 81.8 Å². The number of allylic oxidation sites excluding steroid dienone is 5. The number of hydrogen-bond donors (Lipinski definition) is 0. The normalized spacial score (nSPS) is 11.8. The molecule has 0 aliphatic carbocycles. The van der Waals surface area contributed by atoms with E-state index in [9.17, 15) is 0 Å². The molecule has 0 bridgehead atoms. The van der Waals surface area contributed by atoms with Gasteiger partial charge in [0, 0.05) is 0 Å². The maximum atomic E-state index is 4.80. The fourth-order valence-electron chi connectivity index (χ4n) is 0.954. The quantitative estimate of drug-likeness (QED) is 0.355. The fraction of sp³-hybridized carbons (Fsp3) is 0.500. The standard InChI is InChI=1S/C12H20O/c1-11(2)7-5-8-12(3)9-6-10-13-4/h6-7,9-10H,5,8H2,1-4H3/b10-6+,12-9+. The first-order chi connectivity index (χ1) is 6.16. The molecule has 0 aromatic heterocycles. The third-order valence-corrected chi connectivity index (χ3v) is 1.69. The molecule has 0 aromatic rings. The zero-order valence-electron chi connectivity index (χ0n) is 9.13. The summed E-state index contributed by atoms with van der Waals surface area (Å²) >= 11 is 0. The Balaban J connectivity index is 3.73. The Bertz CT molecular complexity index is 205. The van der Waals surface area contributed by atoms with Crippen molar-refractivity contribution in [1.82, 2.24) is 0 Å². The van der Waals surface area contributed by atoms with Crippen LogP contribution >= 0.6 is 0 Å². The molecule has 0 radical (unpaired) electrons. The van der Waals surface area contributed by atoms with Gasteiger partial charge in [-0.3, -0.25) is 0 Å². The van der Waals surface area contributed by atoms with Crippen LogP contribution in [0.25, 0.3) is 0 Å². The lowest BCUT2D eigenvalue weighted by atomic mass is 10.1. The highest BCUT2D eigenvalue weighted by atomic mass is 16.5. The van der Waals surface area contributed by atoms with E-state index in [2.05, 4.69) is 32.9 Å². The molecule has 0 amide bonds. The van der Waals surface area contributed by atoms with Gasteiger partial charge < -0.3 is 4.74 Å². The Morgan fingerprint density at radius 3 is 2.46 bits per heavy atom. The first-order valence-corrected chi connectivity index (χ1v) is 4.65. The maximum Gasteiger partial charge on any atom is 0.0824 e. The van der Waals surface area contributed by atoms with Crippen molar-refractivity contribution in [3.8, 4) is 0 Å². The summed E-state index contributed by atoms with van der Waals surface area (Å²) in [5.41, 5.74) is 2.77. The van der Waals surface area contributed by atoms with Gasteiger partial charge in [0.25, 0.3) is 0 Å². The van der Waals surface area contributed by atoms with Crippen LogP contribution in [0.2, 0.25) is 0 Å². The van der Waals surface area contributed by atoms with Gasteiger partial charge in [-0.15, -0.1) is 0 Å². The topological polar surface area (TPSA) is 9.23 Å². The van der Waals surface area contributed by atoms with Gasteiger partial charge in [0.1, 0.15) is 0 Å². The van der Waals surface area contributed by atoms with Crippen LogP contribution in [0.5, 0.6) is 0 Å². The molecule has 0 aliphatic heterocycles. The first-order valence-electron chi connectivity index (χ1n) is 4.65. The second kappa shape index (κ2) is 7.66. The van der Waals surface area contributed by atoms with Crippen molar-refractivity contribution in [3.05, 3.63) is 35.6 Å². The highest BCUT2D eigenvalue weighted by molar-refractivity contribution is 5.10. The summed E-state index contributed by atoms with van der Waals surface area (Å²) in [6.45, 7) is 6.40. The van der Waals surface area contributed by atoms with Gasteiger partial charge in [0.05, 0.1) is 13.4 Å². The predicted molar refractivity (Wildman–Crippen MR) is 58.6 cm³/mol. The van der Waals surface area contributed by atoms with E-state index in [1.54, 1.807) is 13.4 Å². The second-order valence-electron chi connectivity index (χ2n) is 3.40. The maximum absolute atomic E-state index is 4.80. The van der Waals surface area contributed by atoms with Crippen LogP contribution in [0.3, 0.4) is 0 Å². The SMILES string of the molecule is CO/C=C/C=C(\C)CCC=C(C)C. The van der Waals surface area contributed by atoms with E-state index < -0.39 is 0 Å². The minimum Gasteiger partial charge on any atom is -0.504 e. The highest BCUT2D eigenvalue weighted by Gasteiger charge is 1.86. The lowest BCUT2D eigenvalue weighted by Crippen LogP contribution is -1.76. The van der Waals surface area contributed by atoms with Gasteiger partial charge in [0.15, 0.2) is 0 Å². The average Bonchev–Trinajstić information content (AvgIpc) is 2.04. The Kier molecular flexibility index (Phi) is 7.08. The molecule has 0 aliphatic rings. The molecular weight excluding hydrogens is 160 g/mol. The lowest BCUT2D eigenvalue weighted by molar-refractivity contribution is 0.338. The van der Waals surface area contributed by atoms with Crippen molar-refractivity contribution < 1.29 is 4.74 Å². The molecule has 0 fully saturated rings. The van der Waals surface area contributed by atoms with Crippen LogP contribution in [0, 0.1) is 0 Å². The third-order valence-electron chi connectivity index (χ3n) is 1.69. The van der Waals surface area contributed by atoms with E-state index in [0.717, 1.165) is 12.8 Å². The van der Waals surface area contributed by atoms with Crippen LogP contribution in [0.1, 0.15) is 33.6 Å². The van der Waals surface area contributed by atoms with Crippen LogP contribution in [-0.4, -0.2) is 7.11 Å². The minimum atomic E-state index is 1.12. The Morgan fingerprint density at radius 2 is 1.92 bits per heavy atom. The van der Waals surface area contributed by atoms with E-state index in [1.165, 1.54) is 11.1 Å². The molecule has 0 aromatic carbocycles. The molecule has 74 valence electrons. The van der Waals surface area contributed by atoms with Gasteiger partial charge in [-0.1, -0.05) is 23.3 Å². The van der Waals surface area contributed by atoms with Crippen LogP contribution < -0.4 is 0 Å². The van der Waals surface area contributed by atoms with Crippen LogP contribution in [0.15, 0.2) is 35.6 Å². The molecule has 0 atom stereocenters. The molecule has 0 rings (SSSR count). The minimum absolute atomic E-state index is 1.12. The van der Waals surface area contributed by atoms with Crippen molar-refractivity contribution in [2.75, 3.05) is 7.11 Å². The zero-order valence-corrected chi connectivity index (χ0v) is 9.13. The second-order valence-corrected chi connectivity index (χ2v) is 3.40. The Hall–Kier alpha value is -0.980. The largest absolute Gasteiger partial charge is 0.504 e.